The van der Waals surface area contributed by atoms with Crippen LogP contribution in [-0.2, 0) is 11.4 Å². The fraction of sp³-hybridized carbons (Fsp3) is 0.133. The molecule has 0 unspecified atom stereocenters. The number of nitrogen functional groups attached to an aromatic ring is 1. The summed E-state index contributed by atoms with van der Waals surface area (Å²) in [6.45, 7) is 0.703. The fourth-order valence-electron chi connectivity index (χ4n) is 1.81. The van der Waals surface area contributed by atoms with E-state index in [1.54, 1.807) is 7.11 Å². The van der Waals surface area contributed by atoms with E-state index in [0.29, 0.717) is 6.54 Å². The number of nitrogens with two attached hydrogens (primary N) is 1. The topological polar surface area (TPSA) is 83.2 Å². The molecule has 0 aliphatic rings. The second-order valence-electron chi connectivity index (χ2n) is 4.35. The van der Waals surface area contributed by atoms with Crippen molar-refractivity contribution in [1.29, 1.82) is 5.41 Å². The van der Waals surface area contributed by atoms with Crippen LogP contribution in [0.15, 0.2) is 48.5 Å². The van der Waals surface area contributed by atoms with Gasteiger partial charge in [0, 0.05) is 17.8 Å². The third-order valence-corrected chi connectivity index (χ3v) is 2.84. The summed E-state index contributed by atoms with van der Waals surface area (Å²) in [5.41, 5.74) is 12.0. The number of benzene rings is 2. The van der Waals surface area contributed by atoms with E-state index in [-0.39, 0.29) is 5.84 Å². The van der Waals surface area contributed by atoms with Crippen LogP contribution in [0.4, 0.5) is 11.4 Å². The Kier molecular flexibility index (Phi) is 4.57. The summed E-state index contributed by atoms with van der Waals surface area (Å²) in [6.07, 6.45) is 0. The van der Waals surface area contributed by atoms with Gasteiger partial charge in [0.05, 0.1) is 12.8 Å². The van der Waals surface area contributed by atoms with E-state index in [9.17, 15) is 0 Å². The molecule has 2 aromatic carbocycles. The van der Waals surface area contributed by atoms with Crippen LogP contribution in [0.3, 0.4) is 0 Å². The van der Waals surface area contributed by atoms with Crippen molar-refractivity contribution in [3.05, 3.63) is 59.7 Å². The third kappa shape index (κ3) is 3.73. The van der Waals surface area contributed by atoms with Crippen LogP contribution in [0.5, 0.6) is 0 Å². The molecule has 2 rings (SSSR count). The predicted octanol–water partition coefficient (Wildman–Crippen LogP) is 2.56. The second-order valence-corrected chi connectivity index (χ2v) is 4.35. The van der Waals surface area contributed by atoms with Crippen LogP contribution in [0.25, 0.3) is 0 Å². The van der Waals surface area contributed by atoms with Gasteiger partial charge in [0.1, 0.15) is 5.84 Å². The van der Waals surface area contributed by atoms with Gasteiger partial charge in [-0.15, -0.1) is 0 Å². The number of amidine groups is 1. The van der Waals surface area contributed by atoms with Crippen LogP contribution in [-0.4, -0.2) is 12.9 Å². The first kappa shape index (κ1) is 13.9. The largest absolute Gasteiger partial charge is 0.384 e. The molecule has 104 valence electrons. The molecule has 0 saturated heterocycles. The molecule has 5 nitrogen and oxygen atoms in total. The van der Waals surface area contributed by atoms with Gasteiger partial charge in [-0.25, -0.2) is 0 Å². The van der Waals surface area contributed by atoms with Crippen molar-refractivity contribution in [3.63, 3.8) is 0 Å². The van der Waals surface area contributed by atoms with Gasteiger partial charge in [0.2, 0.25) is 0 Å². The maximum atomic E-state index is 7.42. The Hall–Kier alpha value is -2.53. The molecule has 5 heteroatoms. The summed E-state index contributed by atoms with van der Waals surface area (Å²) < 4.78 is 0. The zero-order valence-corrected chi connectivity index (χ0v) is 11.3. The lowest BCUT2D eigenvalue weighted by Gasteiger charge is -2.09. The molecular weight excluding hydrogens is 252 g/mol. The number of nitrogens with one attached hydrogen (secondary N) is 3. The minimum Gasteiger partial charge on any atom is -0.384 e. The van der Waals surface area contributed by atoms with Crippen molar-refractivity contribution < 1.29 is 4.84 Å². The molecule has 0 atom stereocenters. The molecule has 0 aromatic heterocycles. The standard InChI is InChI=1S/C15H18N4O/c1-20-19-13-7-5-11(6-8-13)10-18-14-4-2-3-12(9-14)15(16)17/h2-9,18-19H,10H2,1H3,(H3,16,17). The first-order chi connectivity index (χ1) is 9.69. The predicted molar refractivity (Wildman–Crippen MR) is 81.9 cm³/mol. The zero-order chi connectivity index (χ0) is 14.4. The highest BCUT2D eigenvalue weighted by Gasteiger charge is 1.99. The second kappa shape index (κ2) is 6.58. The van der Waals surface area contributed by atoms with Gasteiger partial charge in [0.15, 0.2) is 0 Å². The SMILES string of the molecule is CONc1ccc(CNc2cccc(C(=N)N)c2)cc1. The summed E-state index contributed by atoms with van der Waals surface area (Å²) in [7, 11) is 1.58. The summed E-state index contributed by atoms with van der Waals surface area (Å²) in [6, 6.07) is 15.4. The van der Waals surface area contributed by atoms with Gasteiger partial charge in [-0.2, -0.15) is 0 Å². The molecule has 0 fully saturated rings. The third-order valence-electron chi connectivity index (χ3n) is 2.84. The Labute approximate surface area is 118 Å². The summed E-state index contributed by atoms with van der Waals surface area (Å²) >= 11 is 0. The lowest BCUT2D eigenvalue weighted by Crippen LogP contribution is -2.11. The van der Waals surface area contributed by atoms with E-state index < -0.39 is 0 Å². The van der Waals surface area contributed by atoms with Crippen molar-refractivity contribution in [2.75, 3.05) is 17.9 Å². The Morgan fingerprint density at radius 2 is 1.90 bits per heavy atom. The molecule has 0 bridgehead atoms. The molecule has 0 saturated carbocycles. The molecule has 0 aliphatic carbocycles. The minimum atomic E-state index is 0.0728. The molecular formula is C15H18N4O. The van der Waals surface area contributed by atoms with E-state index in [2.05, 4.69) is 10.8 Å². The van der Waals surface area contributed by atoms with E-state index in [1.165, 1.54) is 0 Å². The van der Waals surface area contributed by atoms with Crippen molar-refractivity contribution in [2.24, 2.45) is 5.73 Å². The average Bonchev–Trinajstić information content (AvgIpc) is 2.47. The molecule has 0 aliphatic heterocycles. The molecule has 0 radical (unpaired) electrons. The fourth-order valence-corrected chi connectivity index (χ4v) is 1.81. The molecule has 0 spiro atoms. The maximum Gasteiger partial charge on any atom is 0.122 e. The van der Waals surface area contributed by atoms with E-state index in [1.807, 2.05) is 48.5 Å². The summed E-state index contributed by atoms with van der Waals surface area (Å²) in [5.74, 6) is 0.0728. The van der Waals surface area contributed by atoms with Gasteiger partial charge >= 0.3 is 0 Å². The lowest BCUT2D eigenvalue weighted by atomic mass is 10.1. The Morgan fingerprint density at radius 1 is 1.15 bits per heavy atom. The van der Waals surface area contributed by atoms with Crippen molar-refractivity contribution in [2.45, 2.75) is 6.54 Å². The Balaban J connectivity index is 1.97. The Morgan fingerprint density at radius 3 is 2.55 bits per heavy atom. The van der Waals surface area contributed by atoms with Gasteiger partial charge in [0.25, 0.3) is 0 Å². The molecule has 2 aromatic rings. The van der Waals surface area contributed by atoms with E-state index in [4.69, 9.17) is 16.0 Å². The number of anilines is 2. The average molecular weight is 270 g/mol. The van der Waals surface area contributed by atoms with Crippen molar-refractivity contribution >= 4 is 17.2 Å². The normalized spacial score (nSPS) is 10.1. The first-order valence-electron chi connectivity index (χ1n) is 6.25. The zero-order valence-electron chi connectivity index (χ0n) is 11.3. The van der Waals surface area contributed by atoms with Gasteiger partial charge < -0.3 is 11.1 Å². The number of rotatable bonds is 6. The van der Waals surface area contributed by atoms with Crippen LogP contribution in [0.2, 0.25) is 0 Å². The highest BCUT2D eigenvalue weighted by atomic mass is 16.6. The quantitative estimate of drug-likeness (QED) is 0.369. The molecule has 5 N–H and O–H groups in total. The molecule has 0 heterocycles. The summed E-state index contributed by atoms with van der Waals surface area (Å²) in [5, 5.41) is 10.7. The van der Waals surface area contributed by atoms with E-state index in [0.717, 1.165) is 22.5 Å². The van der Waals surface area contributed by atoms with Gasteiger partial charge in [-0.05, 0) is 29.8 Å². The molecule has 20 heavy (non-hydrogen) atoms. The van der Waals surface area contributed by atoms with Crippen molar-refractivity contribution in [1.82, 2.24) is 0 Å². The summed E-state index contributed by atoms with van der Waals surface area (Å²) in [4.78, 5) is 4.84. The lowest BCUT2D eigenvalue weighted by molar-refractivity contribution is 0.271. The van der Waals surface area contributed by atoms with Crippen LogP contribution >= 0.6 is 0 Å². The maximum absolute atomic E-state index is 7.42. The van der Waals surface area contributed by atoms with Crippen LogP contribution in [0, 0.1) is 5.41 Å². The Bertz CT molecular complexity index is 581. The molecule has 0 amide bonds. The van der Waals surface area contributed by atoms with Gasteiger partial charge in [-0.1, -0.05) is 24.3 Å². The van der Waals surface area contributed by atoms with Gasteiger partial charge in [-0.3, -0.25) is 15.7 Å². The highest BCUT2D eigenvalue weighted by molar-refractivity contribution is 5.95. The smallest absolute Gasteiger partial charge is 0.122 e. The highest BCUT2D eigenvalue weighted by Crippen LogP contribution is 2.13. The monoisotopic (exact) mass is 270 g/mol. The van der Waals surface area contributed by atoms with Crippen molar-refractivity contribution in [3.8, 4) is 0 Å². The van der Waals surface area contributed by atoms with E-state index >= 15 is 0 Å². The van der Waals surface area contributed by atoms with Crippen LogP contribution < -0.4 is 16.5 Å². The first-order valence-corrected chi connectivity index (χ1v) is 6.25. The number of hydrogen-bond donors (Lipinski definition) is 4. The minimum absolute atomic E-state index is 0.0728. The van der Waals surface area contributed by atoms with Crippen LogP contribution in [0.1, 0.15) is 11.1 Å². The number of hydrogen-bond acceptors (Lipinski definition) is 4.